The average Bonchev–Trinajstić information content (AvgIpc) is 3.14. The van der Waals surface area contributed by atoms with Gasteiger partial charge < -0.3 is 19.5 Å². The number of nitrogens with one attached hydrogen (secondary N) is 1. The average molecular weight is 472 g/mol. The molecular weight excluding hydrogens is 446 g/mol. The maximum absolute atomic E-state index is 13.5. The standard InChI is InChI=1S/C27H25N3O5/c1-3-34-21-13-10-19(11-14-21)28-25(31)17-29-27-23(26(32)30(29)20-7-5-4-6-8-20)15-18-9-12-22(33-2)16-24(18)35-27/h4-14,16H,3,15,17H2,1-2H3,(H,28,31). The molecule has 178 valence electrons. The second kappa shape index (κ2) is 9.42. The Kier molecular flexibility index (Phi) is 6.01. The number of fused-ring (bicyclic) bond motifs is 2. The lowest BCUT2D eigenvalue weighted by molar-refractivity contribution is -0.117. The highest BCUT2D eigenvalue weighted by molar-refractivity contribution is 5.90. The Morgan fingerprint density at radius 3 is 2.49 bits per heavy atom. The maximum atomic E-state index is 13.5. The van der Waals surface area contributed by atoms with Gasteiger partial charge in [0.15, 0.2) is 0 Å². The highest BCUT2D eigenvalue weighted by atomic mass is 16.5. The van der Waals surface area contributed by atoms with Gasteiger partial charge in [0.25, 0.3) is 5.56 Å². The first-order valence-corrected chi connectivity index (χ1v) is 11.3. The van der Waals surface area contributed by atoms with Gasteiger partial charge in [-0.15, -0.1) is 0 Å². The monoisotopic (exact) mass is 471 g/mol. The summed E-state index contributed by atoms with van der Waals surface area (Å²) in [6.07, 6.45) is 0.397. The SMILES string of the molecule is CCOc1ccc(NC(=O)Cn2c3c(c(=O)n2-c2ccccc2)Cc2ccc(OC)cc2O3)cc1. The number of nitrogens with zero attached hydrogens (tertiary/aromatic N) is 2. The number of carbonyl (C=O) groups is 1. The van der Waals surface area contributed by atoms with E-state index in [2.05, 4.69) is 5.32 Å². The van der Waals surface area contributed by atoms with Crippen molar-refractivity contribution in [3.05, 3.63) is 94.3 Å². The maximum Gasteiger partial charge on any atom is 0.278 e. The van der Waals surface area contributed by atoms with Gasteiger partial charge in [-0.25, -0.2) is 9.36 Å². The van der Waals surface area contributed by atoms with Crippen LogP contribution in [0.3, 0.4) is 0 Å². The van der Waals surface area contributed by atoms with E-state index in [1.807, 2.05) is 49.4 Å². The molecule has 0 radical (unpaired) electrons. The van der Waals surface area contributed by atoms with Gasteiger partial charge >= 0.3 is 0 Å². The molecule has 8 heteroatoms. The van der Waals surface area contributed by atoms with Crippen molar-refractivity contribution in [2.75, 3.05) is 19.0 Å². The predicted molar refractivity (Wildman–Crippen MR) is 132 cm³/mol. The molecule has 4 aromatic rings. The first kappa shape index (κ1) is 22.3. The Labute approximate surface area is 202 Å². The minimum absolute atomic E-state index is 0.119. The lowest BCUT2D eigenvalue weighted by Gasteiger charge is -2.20. The number of hydrogen-bond donors (Lipinski definition) is 1. The van der Waals surface area contributed by atoms with E-state index in [0.29, 0.717) is 47.3 Å². The van der Waals surface area contributed by atoms with E-state index >= 15 is 0 Å². The third kappa shape index (κ3) is 4.38. The number of carbonyl (C=O) groups excluding carboxylic acids is 1. The molecule has 0 spiro atoms. The van der Waals surface area contributed by atoms with Crippen LogP contribution < -0.4 is 25.1 Å². The Balaban J connectivity index is 1.51. The predicted octanol–water partition coefficient (Wildman–Crippen LogP) is 4.38. The van der Waals surface area contributed by atoms with Crippen LogP contribution in [0.15, 0.2) is 77.6 Å². The molecular formula is C27H25N3O5. The van der Waals surface area contributed by atoms with E-state index in [1.54, 1.807) is 42.1 Å². The summed E-state index contributed by atoms with van der Waals surface area (Å²) in [6.45, 7) is 2.36. The fourth-order valence-corrected chi connectivity index (χ4v) is 4.14. The zero-order valence-corrected chi connectivity index (χ0v) is 19.5. The van der Waals surface area contributed by atoms with Gasteiger partial charge in [-0.05, 0) is 55.0 Å². The van der Waals surface area contributed by atoms with Gasteiger partial charge in [0.2, 0.25) is 11.8 Å². The quantitative estimate of drug-likeness (QED) is 0.381. The van der Waals surface area contributed by atoms with Crippen LogP contribution >= 0.6 is 0 Å². The molecule has 1 aliphatic rings. The largest absolute Gasteiger partial charge is 0.497 e. The van der Waals surface area contributed by atoms with E-state index in [0.717, 1.165) is 11.3 Å². The number of amides is 1. The first-order valence-electron chi connectivity index (χ1n) is 11.3. The van der Waals surface area contributed by atoms with Gasteiger partial charge in [0.05, 0.1) is 25.0 Å². The molecule has 35 heavy (non-hydrogen) atoms. The summed E-state index contributed by atoms with van der Waals surface area (Å²) in [5, 5.41) is 2.89. The lowest BCUT2D eigenvalue weighted by atomic mass is 10.0. The fourth-order valence-electron chi connectivity index (χ4n) is 4.14. The molecule has 5 rings (SSSR count). The summed E-state index contributed by atoms with van der Waals surface area (Å²) >= 11 is 0. The van der Waals surface area contributed by atoms with E-state index in [1.165, 1.54) is 4.68 Å². The van der Waals surface area contributed by atoms with Crippen LogP contribution in [0.5, 0.6) is 23.1 Å². The molecule has 0 fully saturated rings. The molecule has 1 aliphatic heterocycles. The minimum Gasteiger partial charge on any atom is -0.497 e. The van der Waals surface area contributed by atoms with Crippen LogP contribution in [0.1, 0.15) is 18.1 Å². The van der Waals surface area contributed by atoms with Crippen molar-refractivity contribution in [3.63, 3.8) is 0 Å². The van der Waals surface area contributed by atoms with Crippen molar-refractivity contribution in [1.82, 2.24) is 9.36 Å². The molecule has 0 unspecified atom stereocenters. The lowest BCUT2D eigenvalue weighted by Crippen LogP contribution is -2.27. The van der Waals surface area contributed by atoms with Crippen LogP contribution in [0, 0.1) is 0 Å². The summed E-state index contributed by atoms with van der Waals surface area (Å²) in [4.78, 5) is 26.6. The molecule has 3 aromatic carbocycles. The molecule has 2 heterocycles. The number of hydrogen-bond acceptors (Lipinski definition) is 5. The molecule has 0 atom stereocenters. The zero-order valence-electron chi connectivity index (χ0n) is 19.5. The zero-order chi connectivity index (χ0) is 24.4. The normalized spacial score (nSPS) is 11.7. The Hall–Kier alpha value is -4.46. The van der Waals surface area contributed by atoms with Crippen molar-refractivity contribution >= 4 is 11.6 Å². The molecule has 1 aromatic heterocycles. The van der Waals surface area contributed by atoms with Crippen molar-refractivity contribution < 1.29 is 19.0 Å². The number of benzene rings is 3. The highest BCUT2D eigenvalue weighted by Gasteiger charge is 2.29. The third-order valence-electron chi connectivity index (χ3n) is 5.78. The first-order chi connectivity index (χ1) is 17.1. The Morgan fingerprint density at radius 1 is 1.03 bits per heavy atom. The van der Waals surface area contributed by atoms with Crippen molar-refractivity contribution in [1.29, 1.82) is 0 Å². The topological polar surface area (TPSA) is 83.7 Å². The Bertz CT molecular complexity index is 1420. The highest BCUT2D eigenvalue weighted by Crippen LogP contribution is 2.38. The molecule has 0 aliphatic carbocycles. The van der Waals surface area contributed by atoms with Gasteiger partial charge in [-0.3, -0.25) is 9.59 Å². The molecule has 1 amide bonds. The summed E-state index contributed by atoms with van der Waals surface area (Å²) in [6, 6.07) is 21.9. The van der Waals surface area contributed by atoms with E-state index < -0.39 is 0 Å². The second-order valence-corrected chi connectivity index (χ2v) is 8.05. The molecule has 8 nitrogen and oxygen atoms in total. The van der Waals surface area contributed by atoms with E-state index in [9.17, 15) is 9.59 Å². The molecule has 0 saturated carbocycles. The molecule has 0 saturated heterocycles. The van der Waals surface area contributed by atoms with Crippen LogP contribution in [-0.2, 0) is 17.8 Å². The van der Waals surface area contributed by atoms with Crippen molar-refractivity contribution in [3.8, 4) is 28.8 Å². The fraction of sp³-hybridized carbons (Fsp3) is 0.185. The third-order valence-corrected chi connectivity index (χ3v) is 5.78. The van der Waals surface area contributed by atoms with Crippen LogP contribution in [0.2, 0.25) is 0 Å². The summed E-state index contributed by atoms with van der Waals surface area (Å²) in [5.74, 6) is 2.03. The second-order valence-electron chi connectivity index (χ2n) is 8.05. The smallest absolute Gasteiger partial charge is 0.278 e. The minimum atomic E-state index is -0.295. The van der Waals surface area contributed by atoms with Crippen molar-refractivity contribution in [2.24, 2.45) is 0 Å². The number of methoxy groups -OCH3 is 1. The number of para-hydroxylation sites is 1. The number of ether oxygens (including phenoxy) is 3. The van der Waals surface area contributed by atoms with Gasteiger partial charge in [0.1, 0.15) is 23.8 Å². The van der Waals surface area contributed by atoms with Crippen LogP contribution in [-0.4, -0.2) is 29.0 Å². The van der Waals surface area contributed by atoms with Gasteiger partial charge in [-0.2, -0.15) is 0 Å². The van der Waals surface area contributed by atoms with E-state index in [-0.39, 0.29) is 18.0 Å². The Morgan fingerprint density at radius 2 is 1.77 bits per heavy atom. The van der Waals surface area contributed by atoms with E-state index in [4.69, 9.17) is 14.2 Å². The van der Waals surface area contributed by atoms with Gasteiger partial charge in [-0.1, -0.05) is 24.3 Å². The van der Waals surface area contributed by atoms with Crippen LogP contribution in [0.25, 0.3) is 5.69 Å². The number of rotatable bonds is 7. The molecule has 1 N–H and O–H groups in total. The summed E-state index contributed by atoms with van der Waals surface area (Å²) in [5.41, 5.74) is 2.43. The number of anilines is 1. The summed E-state index contributed by atoms with van der Waals surface area (Å²) in [7, 11) is 1.59. The molecule has 0 bridgehead atoms. The van der Waals surface area contributed by atoms with Gasteiger partial charge in [0, 0.05) is 18.2 Å². The summed E-state index contributed by atoms with van der Waals surface area (Å²) < 4.78 is 20.0. The van der Waals surface area contributed by atoms with Crippen molar-refractivity contribution in [2.45, 2.75) is 19.9 Å². The number of aromatic nitrogens is 2. The van der Waals surface area contributed by atoms with Crippen LogP contribution in [0.4, 0.5) is 5.69 Å².